The van der Waals surface area contributed by atoms with Crippen molar-refractivity contribution in [3.8, 4) is 0 Å². The molecule has 8 heteroatoms. The van der Waals surface area contributed by atoms with Gasteiger partial charge in [0.15, 0.2) is 12.6 Å². The van der Waals surface area contributed by atoms with Crippen LogP contribution in [0.25, 0.3) is 0 Å². The van der Waals surface area contributed by atoms with Crippen LogP contribution in [0.5, 0.6) is 0 Å². The molecule has 0 aromatic heterocycles. The van der Waals surface area contributed by atoms with Gasteiger partial charge in [-0.3, -0.25) is 9.59 Å². The van der Waals surface area contributed by atoms with E-state index in [0.29, 0.717) is 22.3 Å². The van der Waals surface area contributed by atoms with Crippen molar-refractivity contribution < 1.29 is 19.4 Å². The molecule has 0 saturated carbocycles. The molecule has 0 aliphatic carbocycles. The highest BCUT2D eigenvalue weighted by atomic mass is 35.5. The maximum Gasteiger partial charge on any atom is 0.282 e. The molecule has 1 atom stereocenters. The smallest absolute Gasteiger partial charge is 0.282 e. The van der Waals surface area contributed by atoms with Crippen molar-refractivity contribution >= 4 is 40.7 Å². The van der Waals surface area contributed by atoms with E-state index in [0.717, 1.165) is 26.2 Å². The van der Waals surface area contributed by atoms with Crippen LogP contribution in [-0.4, -0.2) is 57.6 Å². The number of quaternary nitrogens is 2. The van der Waals surface area contributed by atoms with Gasteiger partial charge >= 0.3 is 0 Å². The minimum atomic E-state index is -0.193. The van der Waals surface area contributed by atoms with Gasteiger partial charge in [-0.1, -0.05) is 23.2 Å². The molecule has 4 N–H and O–H groups in total. The number of amides is 2. The van der Waals surface area contributed by atoms with Crippen LogP contribution in [0.4, 0.5) is 5.69 Å². The molecule has 0 spiro atoms. The number of halogens is 2. The van der Waals surface area contributed by atoms with E-state index in [-0.39, 0.29) is 17.9 Å². The van der Waals surface area contributed by atoms with Gasteiger partial charge in [-0.05, 0) is 25.1 Å². The molecule has 2 amide bonds. The fraction of sp³-hybridized carbons (Fsp3) is 0.500. The zero-order chi connectivity index (χ0) is 17.7. The first-order chi connectivity index (χ1) is 11.4. The van der Waals surface area contributed by atoms with Gasteiger partial charge in [0.1, 0.15) is 26.2 Å². The summed E-state index contributed by atoms with van der Waals surface area (Å²) in [7, 11) is 1.65. The molecule has 1 aliphatic heterocycles. The highest BCUT2D eigenvalue weighted by Crippen LogP contribution is 2.25. The quantitative estimate of drug-likeness (QED) is 0.525. The van der Waals surface area contributed by atoms with Gasteiger partial charge < -0.3 is 20.4 Å². The molecule has 6 nitrogen and oxygen atoms in total. The average molecular weight is 375 g/mol. The van der Waals surface area contributed by atoms with Crippen LogP contribution in [0.1, 0.15) is 6.92 Å². The average Bonchev–Trinajstić information content (AvgIpc) is 2.58. The molecule has 0 bridgehead atoms. The number of nitrogens with one attached hydrogen (secondary N) is 4. The molecule has 1 fully saturated rings. The van der Waals surface area contributed by atoms with Crippen LogP contribution in [0.15, 0.2) is 18.2 Å². The topological polar surface area (TPSA) is 67.1 Å². The molecule has 1 heterocycles. The Morgan fingerprint density at radius 1 is 1.21 bits per heavy atom. The van der Waals surface area contributed by atoms with Crippen molar-refractivity contribution in [3.05, 3.63) is 28.2 Å². The number of rotatable bonds is 5. The van der Waals surface area contributed by atoms with Crippen molar-refractivity contribution in [3.63, 3.8) is 0 Å². The Morgan fingerprint density at radius 2 is 1.88 bits per heavy atom. The first-order valence-electron chi connectivity index (χ1n) is 8.05. The lowest BCUT2D eigenvalue weighted by Crippen LogP contribution is -3.30. The van der Waals surface area contributed by atoms with E-state index in [9.17, 15) is 9.59 Å². The highest BCUT2D eigenvalue weighted by Gasteiger charge is 2.31. The van der Waals surface area contributed by atoms with Crippen molar-refractivity contribution in [2.75, 3.05) is 45.1 Å². The first kappa shape index (κ1) is 19.0. The van der Waals surface area contributed by atoms with Crippen LogP contribution >= 0.6 is 23.2 Å². The van der Waals surface area contributed by atoms with Crippen molar-refractivity contribution in [2.45, 2.75) is 13.0 Å². The van der Waals surface area contributed by atoms with Crippen LogP contribution in [0.2, 0.25) is 10.0 Å². The van der Waals surface area contributed by atoms with E-state index in [1.165, 1.54) is 9.80 Å². The van der Waals surface area contributed by atoms with E-state index < -0.39 is 0 Å². The van der Waals surface area contributed by atoms with Gasteiger partial charge in [-0.25, -0.2) is 0 Å². The lowest BCUT2D eigenvalue weighted by Gasteiger charge is -2.32. The normalized spacial score (nSPS) is 21.8. The second-order valence-electron chi connectivity index (χ2n) is 6.09. The molecule has 132 valence electrons. The second kappa shape index (κ2) is 8.67. The standard InChI is InChI=1S/C16H22Cl2N4O2/c1-11(16(24)20-14-9-12(17)3-4-13(14)18)22-7-5-21(6-8-22)10-15(23)19-2/h3-4,9,11H,5-8,10H2,1-2H3,(H,19,23)(H,20,24)/p+2/t11-/m0/s1. The molecule has 1 aliphatic rings. The number of benzene rings is 1. The molecule has 1 aromatic carbocycles. The minimum absolute atomic E-state index is 0.0508. The number of carbonyl (C=O) groups is 2. The van der Waals surface area contributed by atoms with Gasteiger partial charge in [0.05, 0.1) is 10.7 Å². The van der Waals surface area contributed by atoms with E-state index in [4.69, 9.17) is 23.2 Å². The van der Waals surface area contributed by atoms with Crippen LogP contribution in [-0.2, 0) is 9.59 Å². The maximum absolute atomic E-state index is 12.5. The lowest BCUT2D eigenvalue weighted by molar-refractivity contribution is -1.01. The third kappa shape index (κ3) is 5.08. The van der Waals surface area contributed by atoms with Crippen LogP contribution in [0, 0.1) is 0 Å². The van der Waals surface area contributed by atoms with Gasteiger partial charge in [-0.2, -0.15) is 0 Å². The maximum atomic E-state index is 12.5. The Bertz CT molecular complexity index is 604. The zero-order valence-electron chi connectivity index (χ0n) is 13.9. The minimum Gasteiger partial charge on any atom is -0.354 e. The molecular formula is C16H24Cl2N4O2+2. The van der Waals surface area contributed by atoms with E-state index in [2.05, 4.69) is 10.6 Å². The van der Waals surface area contributed by atoms with Crippen LogP contribution in [0.3, 0.4) is 0 Å². The Balaban J connectivity index is 1.88. The summed E-state index contributed by atoms with van der Waals surface area (Å²) in [5, 5.41) is 6.50. The predicted octanol–water partition coefficient (Wildman–Crippen LogP) is -1.15. The second-order valence-corrected chi connectivity index (χ2v) is 6.94. The Kier molecular flexibility index (Phi) is 6.86. The van der Waals surface area contributed by atoms with Crippen molar-refractivity contribution in [2.24, 2.45) is 0 Å². The van der Waals surface area contributed by atoms with Crippen molar-refractivity contribution in [1.82, 2.24) is 5.32 Å². The largest absolute Gasteiger partial charge is 0.354 e. The predicted molar refractivity (Wildman–Crippen MR) is 94.9 cm³/mol. The number of anilines is 1. The molecular weight excluding hydrogens is 351 g/mol. The van der Waals surface area contributed by atoms with Gasteiger partial charge in [0.25, 0.3) is 11.8 Å². The summed E-state index contributed by atoms with van der Waals surface area (Å²) in [6.07, 6.45) is 0. The Labute approximate surface area is 152 Å². The van der Waals surface area contributed by atoms with E-state index in [1.54, 1.807) is 25.2 Å². The summed E-state index contributed by atoms with van der Waals surface area (Å²) in [6, 6.07) is 4.80. The Morgan fingerprint density at radius 3 is 2.50 bits per heavy atom. The van der Waals surface area contributed by atoms with Gasteiger partial charge in [0, 0.05) is 12.1 Å². The molecule has 1 aromatic rings. The van der Waals surface area contributed by atoms with E-state index in [1.807, 2.05) is 6.92 Å². The van der Waals surface area contributed by atoms with Gasteiger partial charge in [0.2, 0.25) is 0 Å². The summed E-state index contributed by atoms with van der Waals surface area (Å²) in [6.45, 7) is 5.85. The number of carbonyl (C=O) groups excluding carboxylic acids is 2. The summed E-state index contributed by atoms with van der Waals surface area (Å²) >= 11 is 12.0. The summed E-state index contributed by atoms with van der Waals surface area (Å²) in [5.41, 5.74) is 0.532. The first-order valence-corrected chi connectivity index (χ1v) is 8.81. The number of hydrogen-bond acceptors (Lipinski definition) is 2. The molecule has 0 radical (unpaired) electrons. The lowest BCUT2D eigenvalue weighted by atomic mass is 10.2. The van der Waals surface area contributed by atoms with E-state index >= 15 is 0 Å². The number of piperazine rings is 1. The molecule has 2 rings (SSSR count). The molecule has 1 saturated heterocycles. The third-order valence-corrected chi connectivity index (χ3v) is 5.05. The summed E-state index contributed by atoms with van der Waals surface area (Å²) in [4.78, 5) is 26.4. The van der Waals surface area contributed by atoms with Gasteiger partial charge in [-0.15, -0.1) is 0 Å². The number of hydrogen-bond donors (Lipinski definition) is 4. The third-order valence-electron chi connectivity index (χ3n) is 4.48. The summed E-state index contributed by atoms with van der Waals surface area (Å²) in [5.74, 6) is -0.0289. The Hall–Kier alpha value is -1.34. The fourth-order valence-electron chi connectivity index (χ4n) is 2.87. The molecule has 24 heavy (non-hydrogen) atoms. The monoisotopic (exact) mass is 374 g/mol. The number of likely N-dealkylation sites (N-methyl/N-ethyl adjacent to an activating group) is 1. The summed E-state index contributed by atoms with van der Waals surface area (Å²) < 4.78 is 0. The highest BCUT2D eigenvalue weighted by molar-refractivity contribution is 6.35. The fourth-order valence-corrected chi connectivity index (χ4v) is 3.21. The SMILES string of the molecule is CNC(=O)C[NH+]1CC[NH+]([C@@H](C)C(=O)Nc2cc(Cl)ccc2Cl)CC1. The van der Waals surface area contributed by atoms with Crippen molar-refractivity contribution in [1.29, 1.82) is 0 Å². The van der Waals surface area contributed by atoms with Crippen LogP contribution < -0.4 is 20.4 Å². The zero-order valence-corrected chi connectivity index (χ0v) is 15.4. The molecule has 0 unspecified atom stereocenters.